The number of rotatable bonds is 1. The van der Waals surface area contributed by atoms with Crippen molar-refractivity contribution in [1.29, 1.82) is 0 Å². The molecule has 0 rings (SSSR count). The van der Waals surface area contributed by atoms with Gasteiger partial charge in [0.15, 0.2) is 0 Å². The molecule has 0 saturated carbocycles. The Labute approximate surface area is 67.5 Å². The van der Waals surface area contributed by atoms with Gasteiger partial charge in [0.2, 0.25) is 0 Å². The maximum absolute atomic E-state index is 7.56. The highest BCUT2D eigenvalue weighted by atomic mass is 33.1. The SMILES string of the molecule is CSSC.OP(O)(O)=S. The van der Waals surface area contributed by atoms with E-state index in [4.69, 9.17) is 14.7 Å². The highest BCUT2D eigenvalue weighted by Crippen LogP contribution is 2.26. The summed E-state index contributed by atoms with van der Waals surface area (Å²) in [5, 5.41) is 0. The smallest absolute Gasteiger partial charge is 0.319 e. The summed E-state index contributed by atoms with van der Waals surface area (Å²) < 4.78 is 0. The largest absolute Gasteiger partial charge is 0.325 e. The third-order valence-corrected chi connectivity index (χ3v) is 1.50. The molecule has 0 unspecified atom stereocenters. The molecule has 9 heavy (non-hydrogen) atoms. The normalized spacial score (nSPS) is 9.89. The van der Waals surface area contributed by atoms with Crippen LogP contribution < -0.4 is 0 Å². The van der Waals surface area contributed by atoms with Crippen molar-refractivity contribution in [3.8, 4) is 0 Å². The van der Waals surface area contributed by atoms with E-state index in [1.807, 2.05) is 0 Å². The lowest BCUT2D eigenvalue weighted by molar-refractivity contribution is 0.363. The van der Waals surface area contributed by atoms with E-state index in [2.05, 4.69) is 24.3 Å². The van der Waals surface area contributed by atoms with Gasteiger partial charge in [-0.3, -0.25) is 0 Å². The molecule has 0 aromatic carbocycles. The van der Waals surface area contributed by atoms with Gasteiger partial charge in [-0.1, -0.05) is 21.6 Å². The van der Waals surface area contributed by atoms with Gasteiger partial charge < -0.3 is 14.7 Å². The molecule has 0 spiro atoms. The maximum Gasteiger partial charge on any atom is 0.319 e. The topological polar surface area (TPSA) is 60.7 Å². The van der Waals surface area contributed by atoms with Crippen molar-refractivity contribution in [2.24, 2.45) is 0 Å². The van der Waals surface area contributed by atoms with Crippen molar-refractivity contribution in [2.45, 2.75) is 0 Å². The molecule has 7 heteroatoms. The molecule has 0 aliphatic rings. The lowest BCUT2D eigenvalue weighted by Crippen LogP contribution is -1.65. The second-order valence-corrected chi connectivity index (χ2v) is 6.01. The zero-order valence-electron chi connectivity index (χ0n) is 5.01. The van der Waals surface area contributed by atoms with Crippen LogP contribution in [-0.4, -0.2) is 27.2 Å². The third-order valence-electron chi connectivity index (χ3n) is 0.167. The molecular formula is C2H9O3PS3. The minimum atomic E-state index is -3.81. The first-order chi connectivity index (χ1) is 3.91. The predicted molar refractivity (Wildman–Crippen MR) is 48.0 cm³/mol. The van der Waals surface area contributed by atoms with E-state index in [0.29, 0.717) is 0 Å². The minimum absolute atomic E-state index is 1.77. The minimum Gasteiger partial charge on any atom is -0.325 e. The first-order valence-electron chi connectivity index (χ1n) is 1.77. The highest BCUT2D eigenvalue weighted by Gasteiger charge is 1.92. The molecule has 0 amide bonds. The summed E-state index contributed by atoms with van der Waals surface area (Å²) in [7, 11) is 3.55. The van der Waals surface area contributed by atoms with Gasteiger partial charge in [0.05, 0.1) is 0 Å². The Morgan fingerprint density at radius 2 is 1.22 bits per heavy atom. The molecule has 0 bridgehead atoms. The van der Waals surface area contributed by atoms with Gasteiger partial charge in [0.1, 0.15) is 0 Å². The van der Waals surface area contributed by atoms with E-state index in [1.165, 1.54) is 0 Å². The van der Waals surface area contributed by atoms with Crippen LogP contribution in [0.4, 0.5) is 0 Å². The summed E-state index contributed by atoms with van der Waals surface area (Å²) in [6.07, 6.45) is 4.12. The van der Waals surface area contributed by atoms with Crippen molar-refractivity contribution in [2.75, 3.05) is 12.5 Å². The van der Waals surface area contributed by atoms with Crippen LogP contribution in [0.2, 0.25) is 0 Å². The summed E-state index contributed by atoms with van der Waals surface area (Å²) in [6.45, 7) is -3.81. The van der Waals surface area contributed by atoms with Crippen LogP contribution in [0.3, 0.4) is 0 Å². The van der Waals surface area contributed by atoms with E-state index in [0.717, 1.165) is 0 Å². The fourth-order valence-electron chi connectivity index (χ4n) is 0. The Morgan fingerprint density at radius 3 is 1.22 bits per heavy atom. The van der Waals surface area contributed by atoms with Gasteiger partial charge in [-0.05, 0) is 24.3 Å². The van der Waals surface area contributed by atoms with Crippen LogP contribution in [0.1, 0.15) is 0 Å². The second-order valence-electron chi connectivity index (χ2n) is 0.847. The lowest BCUT2D eigenvalue weighted by atomic mass is 12.0. The standard InChI is InChI=1S/C2H6S2.H3O3PS/c1-3-4-2;1-4(2,3)5/h1-2H3;(H3,1,2,3,5). The summed E-state index contributed by atoms with van der Waals surface area (Å²) in [5.74, 6) is 0. The molecule has 3 nitrogen and oxygen atoms in total. The Bertz CT molecular complexity index is 80.8. The van der Waals surface area contributed by atoms with Gasteiger partial charge in [-0.2, -0.15) is 0 Å². The first-order valence-corrected chi connectivity index (χ1v) is 7.39. The average Bonchev–Trinajstić information content (AvgIpc) is 1.61. The summed E-state index contributed by atoms with van der Waals surface area (Å²) >= 11 is 3.60. The van der Waals surface area contributed by atoms with Crippen molar-refractivity contribution in [3.05, 3.63) is 0 Å². The van der Waals surface area contributed by atoms with Gasteiger partial charge in [0, 0.05) is 0 Å². The Balaban J connectivity index is 0. The van der Waals surface area contributed by atoms with Crippen molar-refractivity contribution >= 4 is 40.1 Å². The molecule has 0 aliphatic carbocycles. The van der Waals surface area contributed by atoms with Crippen LogP contribution in [0.25, 0.3) is 0 Å². The molecule has 0 saturated heterocycles. The van der Waals surface area contributed by atoms with Crippen LogP contribution >= 0.6 is 28.3 Å². The highest BCUT2D eigenvalue weighted by molar-refractivity contribution is 8.76. The monoisotopic (exact) mass is 208 g/mol. The molecule has 3 N–H and O–H groups in total. The fraction of sp³-hybridized carbons (Fsp3) is 1.00. The van der Waals surface area contributed by atoms with Crippen molar-refractivity contribution in [1.82, 2.24) is 0 Å². The lowest BCUT2D eigenvalue weighted by Gasteiger charge is -1.88. The van der Waals surface area contributed by atoms with Gasteiger partial charge >= 0.3 is 6.72 Å². The Morgan fingerprint density at radius 1 is 1.11 bits per heavy atom. The van der Waals surface area contributed by atoms with E-state index in [9.17, 15) is 0 Å². The van der Waals surface area contributed by atoms with Gasteiger partial charge in [0.25, 0.3) is 0 Å². The Hall–Kier alpha value is 1.23. The maximum atomic E-state index is 7.56. The molecule has 0 aromatic rings. The number of hydrogen-bond donors (Lipinski definition) is 3. The van der Waals surface area contributed by atoms with Crippen molar-refractivity contribution < 1.29 is 14.7 Å². The van der Waals surface area contributed by atoms with E-state index >= 15 is 0 Å². The van der Waals surface area contributed by atoms with Crippen LogP contribution in [-0.2, 0) is 11.8 Å². The van der Waals surface area contributed by atoms with Crippen molar-refractivity contribution in [3.63, 3.8) is 0 Å². The van der Waals surface area contributed by atoms with Crippen LogP contribution in [0.5, 0.6) is 0 Å². The molecule has 0 aliphatic heterocycles. The molecule has 58 valence electrons. The van der Waals surface area contributed by atoms with E-state index < -0.39 is 6.72 Å². The Kier molecular flexibility index (Phi) is 10.5. The molecule has 0 heterocycles. The molecule has 0 aromatic heterocycles. The third kappa shape index (κ3) is 97.0. The van der Waals surface area contributed by atoms with E-state index in [1.54, 1.807) is 21.6 Å². The summed E-state index contributed by atoms with van der Waals surface area (Å²) in [6, 6.07) is 0. The van der Waals surface area contributed by atoms with Crippen LogP contribution in [0.15, 0.2) is 0 Å². The van der Waals surface area contributed by atoms with Gasteiger partial charge in [-0.25, -0.2) is 0 Å². The molecule has 0 radical (unpaired) electrons. The zero-order chi connectivity index (χ0) is 7.91. The fourth-order valence-corrected chi connectivity index (χ4v) is 0. The molecule has 0 fully saturated rings. The summed E-state index contributed by atoms with van der Waals surface area (Å²) in [5.41, 5.74) is 0. The zero-order valence-corrected chi connectivity index (χ0v) is 8.36. The van der Waals surface area contributed by atoms with Crippen LogP contribution in [0, 0.1) is 0 Å². The molecular weight excluding hydrogens is 199 g/mol. The first kappa shape index (κ1) is 12.9. The quantitative estimate of drug-likeness (QED) is 0.438. The predicted octanol–water partition coefficient (Wildman–Crippen LogP) is 0.815. The average molecular weight is 208 g/mol. The number of hydrogen-bond acceptors (Lipinski definition) is 3. The summed E-state index contributed by atoms with van der Waals surface area (Å²) in [4.78, 5) is 22.7. The van der Waals surface area contributed by atoms with E-state index in [-0.39, 0.29) is 0 Å². The van der Waals surface area contributed by atoms with Gasteiger partial charge in [-0.15, -0.1) is 0 Å². The second kappa shape index (κ2) is 7.34. The molecule has 0 atom stereocenters.